The lowest BCUT2D eigenvalue weighted by atomic mass is 10.1. The normalized spacial score (nSPS) is 15.1. The third kappa shape index (κ3) is 6.34. The summed E-state index contributed by atoms with van der Waals surface area (Å²) in [5.41, 5.74) is 1.56. The van der Waals surface area contributed by atoms with E-state index in [4.69, 9.17) is 4.74 Å². The zero-order valence-corrected chi connectivity index (χ0v) is 21.7. The highest BCUT2D eigenvalue weighted by molar-refractivity contribution is 7.93. The van der Waals surface area contributed by atoms with Gasteiger partial charge in [-0.1, -0.05) is 30.4 Å². The van der Waals surface area contributed by atoms with Gasteiger partial charge in [-0.05, 0) is 48.5 Å². The third-order valence-corrected chi connectivity index (χ3v) is 7.97. The van der Waals surface area contributed by atoms with Crippen LogP contribution in [0.2, 0.25) is 0 Å². The van der Waals surface area contributed by atoms with Gasteiger partial charge in [-0.3, -0.25) is 9.69 Å². The van der Waals surface area contributed by atoms with E-state index in [1.807, 2.05) is 11.9 Å². The molecule has 0 aliphatic carbocycles. The van der Waals surface area contributed by atoms with Crippen molar-refractivity contribution in [3.05, 3.63) is 89.4 Å². The van der Waals surface area contributed by atoms with Crippen LogP contribution in [-0.2, 0) is 14.8 Å². The maximum atomic E-state index is 13.9. The fourth-order valence-electron chi connectivity index (χ4n) is 4.05. The topological polar surface area (TPSA) is 97.1 Å². The number of sulfonamides is 1. The molecule has 1 fully saturated rings. The van der Waals surface area contributed by atoms with Crippen LogP contribution in [0.15, 0.2) is 78.0 Å². The first-order chi connectivity index (χ1) is 17.8. The first kappa shape index (κ1) is 26.3. The Balaban J connectivity index is 1.73. The summed E-state index contributed by atoms with van der Waals surface area (Å²) in [4.78, 5) is 17.8. The van der Waals surface area contributed by atoms with Crippen LogP contribution >= 0.6 is 0 Å². The number of amides is 1. The van der Waals surface area contributed by atoms with Gasteiger partial charge in [-0.25, -0.2) is 12.7 Å². The summed E-state index contributed by atoms with van der Waals surface area (Å²) in [6.07, 6.45) is 6.26. The molecule has 2 heterocycles. The summed E-state index contributed by atoms with van der Waals surface area (Å²) >= 11 is 0. The molecule has 2 aromatic carbocycles. The molecule has 0 unspecified atom stereocenters. The van der Waals surface area contributed by atoms with Crippen LogP contribution in [0, 0.1) is 5.21 Å². The lowest BCUT2D eigenvalue weighted by Crippen LogP contribution is -2.50. The van der Waals surface area contributed by atoms with Crippen molar-refractivity contribution < 1.29 is 22.7 Å². The first-order valence-corrected chi connectivity index (χ1v) is 13.3. The second kappa shape index (κ2) is 11.5. The van der Waals surface area contributed by atoms with Crippen LogP contribution in [0.25, 0.3) is 12.2 Å². The molecule has 1 saturated heterocycles. The summed E-state index contributed by atoms with van der Waals surface area (Å²) in [5.74, 6) is -0.0202. The van der Waals surface area contributed by atoms with Crippen LogP contribution in [0.1, 0.15) is 11.1 Å². The van der Waals surface area contributed by atoms with E-state index in [1.54, 1.807) is 60.7 Å². The van der Waals surface area contributed by atoms with Crippen molar-refractivity contribution >= 4 is 33.8 Å². The zero-order valence-electron chi connectivity index (χ0n) is 20.9. The van der Waals surface area contributed by atoms with E-state index in [0.29, 0.717) is 29.1 Å². The zero-order chi connectivity index (χ0) is 26.4. The van der Waals surface area contributed by atoms with Gasteiger partial charge in [0.25, 0.3) is 15.9 Å². The largest absolute Gasteiger partial charge is 0.619 e. The number of ether oxygens (including phenoxy) is 1. The Morgan fingerprint density at radius 3 is 2.30 bits per heavy atom. The lowest BCUT2D eigenvalue weighted by molar-refractivity contribution is -0.605. The Bertz CT molecular complexity index is 1350. The summed E-state index contributed by atoms with van der Waals surface area (Å²) in [5, 5.41) is 11.3. The molecule has 0 saturated carbocycles. The number of methoxy groups -OCH3 is 1. The molecule has 4 rings (SSSR count). The number of pyridine rings is 1. The number of rotatable bonds is 8. The number of aromatic nitrogens is 1. The standard InChI is InChI=1S/C27H30N4O5S/c1-28-17-19-29(20-18-28)21-27(32)31(37(34,35)25-11-9-24(36-2)10-12-25)26-6-4-3-5-23(26)8-7-22-13-15-30(33)16-14-22/h3-16H,17-21H2,1-2H3. The third-order valence-electron chi connectivity index (χ3n) is 6.22. The van der Waals surface area contributed by atoms with Crippen LogP contribution in [-0.4, -0.2) is 71.0 Å². The van der Waals surface area contributed by atoms with Crippen molar-refractivity contribution in [3.63, 3.8) is 0 Å². The highest BCUT2D eigenvalue weighted by atomic mass is 32.2. The Labute approximate surface area is 217 Å². The number of hydrogen-bond donors (Lipinski definition) is 0. The van der Waals surface area contributed by atoms with E-state index >= 15 is 0 Å². The molecule has 0 radical (unpaired) electrons. The van der Waals surface area contributed by atoms with Gasteiger partial charge in [0.1, 0.15) is 5.75 Å². The van der Waals surface area contributed by atoms with E-state index in [2.05, 4.69) is 4.90 Å². The number of likely N-dealkylation sites (N-methyl/N-ethyl adjacent to an activating group) is 1. The van der Waals surface area contributed by atoms with Crippen molar-refractivity contribution in [2.75, 3.05) is 51.2 Å². The van der Waals surface area contributed by atoms with Crippen molar-refractivity contribution in [1.29, 1.82) is 0 Å². The molecule has 0 atom stereocenters. The Kier molecular flexibility index (Phi) is 8.22. The molecule has 1 aliphatic heterocycles. The average Bonchev–Trinajstić information content (AvgIpc) is 2.90. The number of carbonyl (C=O) groups is 1. The van der Waals surface area contributed by atoms with Gasteiger partial charge in [0.05, 0.1) is 24.2 Å². The molecule has 0 bridgehead atoms. The SMILES string of the molecule is COc1ccc(S(=O)(=O)N(C(=O)CN2CCN(C)CC2)c2ccccc2C=Cc2cc[n+]([O-])cc2)cc1. The second-order valence-electron chi connectivity index (χ2n) is 8.80. The summed E-state index contributed by atoms with van der Waals surface area (Å²) in [6, 6.07) is 16.1. The molecule has 3 aromatic rings. The van der Waals surface area contributed by atoms with Crippen LogP contribution in [0.3, 0.4) is 0 Å². The molecule has 1 aromatic heterocycles. The molecule has 9 nitrogen and oxygen atoms in total. The highest BCUT2D eigenvalue weighted by Crippen LogP contribution is 2.30. The minimum atomic E-state index is -4.24. The number of carbonyl (C=O) groups excluding carboxylic acids is 1. The van der Waals surface area contributed by atoms with Crippen LogP contribution < -0.4 is 13.8 Å². The van der Waals surface area contributed by atoms with E-state index in [-0.39, 0.29) is 17.1 Å². The summed E-state index contributed by atoms with van der Waals surface area (Å²) < 4.78 is 34.6. The Morgan fingerprint density at radius 1 is 1.00 bits per heavy atom. The monoisotopic (exact) mass is 522 g/mol. The predicted molar refractivity (Wildman–Crippen MR) is 142 cm³/mol. The maximum absolute atomic E-state index is 13.9. The smallest absolute Gasteiger partial charge is 0.270 e. The molecule has 37 heavy (non-hydrogen) atoms. The van der Waals surface area contributed by atoms with Gasteiger partial charge in [-0.2, -0.15) is 4.73 Å². The van der Waals surface area contributed by atoms with Crippen molar-refractivity contribution in [3.8, 4) is 5.75 Å². The lowest BCUT2D eigenvalue weighted by Gasteiger charge is -2.33. The predicted octanol–water partition coefficient (Wildman–Crippen LogP) is 2.47. The summed E-state index contributed by atoms with van der Waals surface area (Å²) in [6.45, 7) is 2.93. The van der Waals surface area contributed by atoms with Crippen molar-refractivity contribution in [2.24, 2.45) is 0 Å². The number of benzene rings is 2. The van der Waals surface area contributed by atoms with Crippen LogP contribution in [0.5, 0.6) is 5.75 Å². The van der Waals surface area contributed by atoms with E-state index < -0.39 is 15.9 Å². The van der Waals surface area contributed by atoms with Gasteiger partial charge in [0.2, 0.25) is 0 Å². The minimum Gasteiger partial charge on any atom is -0.619 e. The second-order valence-corrected chi connectivity index (χ2v) is 10.6. The number of piperazine rings is 1. The quantitative estimate of drug-likeness (QED) is 0.331. The maximum Gasteiger partial charge on any atom is 0.270 e. The van der Waals surface area contributed by atoms with E-state index in [0.717, 1.165) is 23.0 Å². The molecule has 0 spiro atoms. The molecule has 1 amide bonds. The number of para-hydroxylation sites is 1. The van der Waals surface area contributed by atoms with Crippen molar-refractivity contribution in [2.45, 2.75) is 4.90 Å². The molecule has 0 N–H and O–H groups in total. The Hall–Kier alpha value is -3.73. The highest BCUT2D eigenvalue weighted by Gasteiger charge is 2.33. The molecular formula is C27H30N4O5S. The fourth-order valence-corrected chi connectivity index (χ4v) is 5.49. The van der Waals surface area contributed by atoms with Gasteiger partial charge in [0.15, 0.2) is 12.4 Å². The van der Waals surface area contributed by atoms with Crippen LogP contribution in [0.4, 0.5) is 5.69 Å². The van der Waals surface area contributed by atoms with Gasteiger partial charge in [-0.15, -0.1) is 0 Å². The Morgan fingerprint density at radius 2 is 1.65 bits per heavy atom. The minimum absolute atomic E-state index is 0.0122. The van der Waals surface area contributed by atoms with E-state index in [1.165, 1.54) is 31.6 Å². The van der Waals surface area contributed by atoms with E-state index in [9.17, 15) is 18.4 Å². The van der Waals surface area contributed by atoms with Crippen molar-refractivity contribution in [1.82, 2.24) is 9.80 Å². The summed E-state index contributed by atoms with van der Waals surface area (Å²) in [7, 11) is -0.718. The number of hydrogen-bond acceptors (Lipinski definition) is 7. The van der Waals surface area contributed by atoms with Gasteiger partial charge in [0, 0.05) is 38.3 Å². The number of anilines is 1. The molecular weight excluding hydrogens is 492 g/mol. The molecule has 10 heteroatoms. The fraction of sp³-hybridized carbons (Fsp3) is 0.259. The number of nitrogens with zero attached hydrogens (tertiary/aromatic N) is 4. The van der Waals surface area contributed by atoms with Gasteiger partial charge >= 0.3 is 0 Å². The molecule has 1 aliphatic rings. The van der Waals surface area contributed by atoms with Gasteiger partial charge < -0.3 is 14.8 Å². The average molecular weight is 523 g/mol. The molecule has 194 valence electrons. The first-order valence-electron chi connectivity index (χ1n) is 11.9.